The number of hydrogen-bond acceptors (Lipinski definition) is 1. The van der Waals surface area contributed by atoms with Gasteiger partial charge in [0.15, 0.2) is 0 Å². The van der Waals surface area contributed by atoms with Crippen molar-refractivity contribution in [1.29, 1.82) is 0 Å². The minimum atomic E-state index is 0. The van der Waals surface area contributed by atoms with Crippen molar-refractivity contribution >= 4 is 11.0 Å². The number of imidazole rings is 1. The lowest BCUT2D eigenvalue weighted by Gasteiger charge is -1.81. The lowest BCUT2D eigenvalue weighted by atomic mass is 10.3. The molecule has 2 aromatic rings. The minimum Gasteiger partial charge on any atom is -0.345 e. The van der Waals surface area contributed by atoms with E-state index >= 15 is 0 Å². The van der Waals surface area contributed by atoms with E-state index in [4.69, 9.17) is 0 Å². The van der Waals surface area contributed by atoms with Gasteiger partial charge in [-0.15, -0.1) is 0 Å². The average Bonchev–Trinajstić information content (AvgIpc) is 2.33. The standard InChI is InChI=1S/C7H6N2/c1-2-4-7-6(3-1)8-5-9-7/h1-5H,(H,8,9)/p+1/i/hH. The van der Waals surface area contributed by atoms with Crippen LogP contribution in [-0.4, -0.2) is 9.97 Å². The van der Waals surface area contributed by atoms with Crippen molar-refractivity contribution in [3.63, 3.8) is 0 Å². The minimum absolute atomic E-state index is 0. The molecule has 2 nitrogen and oxygen atoms in total. The molecule has 0 saturated carbocycles. The number of nitrogens with one attached hydrogen (secondary N) is 1. The van der Waals surface area contributed by atoms with E-state index in [1.54, 1.807) is 6.33 Å². The van der Waals surface area contributed by atoms with Crippen LogP contribution in [0.4, 0.5) is 0 Å². The predicted octanol–water partition coefficient (Wildman–Crippen LogP) is 1.68. The summed E-state index contributed by atoms with van der Waals surface area (Å²) < 4.78 is 0. The Morgan fingerprint density at radius 1 is 1.33 bits per heavy atom. The van der Waals surface area contributed by atoms with Crippen molar-refractivity contribution in [3.05, 3.63) is 30.6 Å². The maximum Gasteiger partial charge on any atom is 1.00 e. The molecule has 0 amide bonds. The molecule has 0 unspecified atom stereocenters. The fraction of sp³-hybridized carbons (Fsp3) is 0. The van der Waals surface area contributed by atoms with Crippen molar-refractivity contribution in [2.45, 2.75) is 0 Å². The molecule has 1 aromatic heterocycles. The Balaban J connectivity index is 0.000000500. The van der Waals surface area contributed by atoms with Gasteiger partial charge >= 0.3 is 1.43 Å². The Morgan fingerprint density at radius 3 is 3.11 bits per heavy atom. The molecule has 0 radical (unpaired) electrons. The molecule has 44 valence electrons. The average molecular weight is 119 g/mol. The first-order valence-electron chi connectivity index (χ1n) is 2.85. The van der Waals surface area contributed by atoms with Gasteiger partial charge in [0.2, 0.25) is 0 Å². The van der Waals surface area contributed by atoms with E-state index in [1.165, 1.54) is 0 Å². The Kier molecular flexibility index (Phi) is 0.803. The van der Waals surface area contributed by atoms with Gasteiger partial charge < -0.3 is 4.98 Å². The maximum atomic E-state index is 4.06. The van der Waals surface area contributed by atoms with Crippen LogP contribution in [0, 0.1) is 0 Å². The van der Waals surface area contributed by atoms with E-state index in [2.05, 4.69) is 9.97 Å². The highest BCUT2D eigenvalue weighted by Crippen LogP contribution is 2.05. The van der Waals surface area contributed by atoms with Crippen molar-refractivity contribution in [2.24, 2.45) is 0 Å². The Labute approximate surface area is 54.0 Å². The third kappa shape index (κ3) is 0.598. The summed E-state index contributed by atoms with van der Waals surface area (Å²) in [4.78, 5) is 7.07. The van der Waals surface area contributed by atoms with E-state index in [-0.39, 0.29) is 1.43 Å². The summed E-state index contributed by atoms with van der Waals surface area (Å²) in [5.41, 5.74) is 2.12. The van der Waals surface area contributed by atoms with Crippen molar-refractivity contribution in [1.82, 2.24) is 9.97 Å². The highest BCUT2D eigenvalue weighted by Gasteiger charge is 1.88. The fourth-order valence-corrected chi connectivity index (χ4v) is 0.880. The van der Waals surface area contributed by atoms with E-state index in [9.17, 15) is 0 Å². The van der Waals surface area contributed by atoms with E-state index in [1.807, 2.05) is 24.3 Å². The van der Waals surface area contributed by atoms with Crippen LogP contribution in [-0.2, 0) is 0 Å². The number of para-hydroxylation sites is 2. The summed E-state index contributed by atoms with van der Waals surface area (Å²) >= 11 is 0. The molecule has 0 spiro atoms. The molecular formula is C7H7N2+. The van der Waals surface area contributed by atoms with Gasteiger partial charge in [-0.2, -0.15) is 0 Å². The zero-order chi connectivity index (χ0) is 6.10. The van der Waals surface area contributed by atoms with Crippen LogP contribution in [0.2, 0.25) is 0 Å². The molecular weight excluding hydrogens is 112 g/mol. The lowest BCUT2D eigenvalue weighted by molar-refractivity contribution is 1.34. The summed E-state index contributed by atoms with van der Waals surface area (Å²) in [6.45, 7) is 0. The van der Waals surface area contributed by atoms with Crippen LogP contribution in [0.3, 0.4) is 0 Å². The van der Waals surface area contributed by atoms with Crippen molar-refractivity contribution in [2.75, 3.05) is 0 Å². The topological polar surface area (TPSA) is 28.7 Å². The number of nitrogens with zero attached hydrogens (tertiary/aromatic N) is 1. The van der Waals surface area contributed by atoms with Gasteiger partial charge in [-0.05, 0) is 12.1 Å². The molecule has 1 aromatic carbocycles. The third-order valence-corrected chi connectivity index (χ3v) is 1.33. The van der Waals surface area contributed by atoms with E-state index in [0.29, 0.717) is 0 Å². The Hall–Kier alpha value is -1.31. The SMILES string of the molecule is [1H+].c1ccc2[nH]cnc2c1. The van der Waals surface area contributed by atoms with Crippen molar-refractivity contribution < 1.29 is 1.43 Å². The zero-order valence-corrected chi connectivity index (χ0v) is 4.83. The molecule has 1 N–H and O–H groups in total. The Bertz CT molecular complexity index is 286. The summed E-state index contributed by atoms with van der Waals surface area (Å²) in [7, 11) is 0. The monoisotopic (exact) mass is 119 g/mol. The predicted molar refractivity (Wildman–Crippen MR) is 37.2 cm³/mol. The summed E-state index contributed by atoms with van der Waals surface area (Å²) in [5, 5.41) is 0. The molecule has 2 rings (SSSR count). The van der Waals surface area contributed by atoms with Gasteiger partial charge in [0.05, 0.1) is 17.4 Å². The van der Waals surface area contributed by atoms with Crippen LogP contribution >= 0.6 is 0 Å². The molecule has 0 aliphatic carbocycles. The van der Waals surface area contributed by atoms with Gasteiger partial charge in [0, 0.05) is 0 Å². The molecule has 0 bridgehead atoms. The number of hydrogen-bond donors (Lipinski definition) is 1. The van der Waals surface area contributed by atoms with Crippen LogP contribution in [0.1, 0.15) is 1.43 Å². The summed E-state index contributed by atoms with van der Waals surface area (Å²) in [6, 6.07) is 7.94. The highest BCUT2D eigenvalue weighted by atomic mass is 14.9. The van der Waals surface area contributed by atoms with Crippen LogP contribution < -0.4 is 0 Å². The summed E-state index contributed by atoms with van der Waals surface area (Å²) in [5.74, 6) is 0. The summed E-state index contributed by atoms with van der Waals surface area (Å²) in [6.07, 6.45) is 1.70. The second-order valence-corrected chi connectivity index (χ2v) is 1.92. The number of H-pyrrole nitrogens is 1. The first kappa shape index (κ1) is 4.56. The number of rotatable bonds is 0. The quantitative estimate of drug-likeness (QED) is 0.561. The number of fused-ring (bicyclic) bond motifs is 1. The number of aromatic amines is 1. The van der Waals surface area contributed by atoms with Crippen LogP contribution in [0.25, 0.3) is 11.0 Å². The normalized spacial score (nSPS) is 10.2. The van der Waals surface area contributed by atoms with E-state index in [0.717, 1.165) is 11.0 Å². The molecule has 0 aliphatic rings. The number of benzene rings is 1. The molecule has 0 aliphatic heterocycles. The van der Waals surface area contributed by atoms with Gasteiger partial charge in [0.1, 0.15) is 0 Å². The molecule has 1 heterocycles. The zero-order valence-electron chi connectivity index (χ0n) is 5.83. The molecule has 2 heteroatoms. The molecule has 0 saturated heterocycles. The second-order valence-electron chi connectivity index (χ2n) is 1.92. The fourth-order valence-electron chi connectivity index (χ4n) is 0.880. The highest BCUT2D eigenvalue weighted by molar-refractivity contribution is 5.73. The van der Waals surface area contributed by atoms with Gasteiger partial charge in [-0.1, -0.05) is 12.1 Å². The Morgan fingerprint density at radius 2 is 2.22 bits per heavy atom. The molecule has 9 heavy (non-hydrogen) atoms. The van der Waals surface area contributed by atoms with Crippen LogP contribution in [0.15, 0.2) is 30.6 Å². The second kappa shape index (κ2) is 1.58. The lowest BCUT2D eigenvalue weighted by Crippen LogP contribution is -1.63. The first-order chi connectivity index (χ1) is 4.47. The van der Waals surface area contributed by atoms with Gasteiger partial charge in [-0.25, -0.2) is 4.98 Å². The van der Waals surface area contributed by atoms with Gasteiger partial charge in [-0.3, -0.25) is 0 Å². The maximum absolute atomic E-state index is 4.06. The molecule has 0 fully saturated rings. The first-order valence-corrected chi connectivity index (χ1v) is 2.85. The largest absolute Gasteiger partial charge is 1.00 e. The number of aromatic nitrogens is 2. The van der Waals surface area contributed by atoms with Crippen molar-refractivity contribution in [3.8, 4) is 0 Å². The smallest absolute Gasteiger partial charge is 0.345 e. The van der Waals surface area contributed by atoms with Crippen LogP contribution in [0.5, 0.6) is 0 Å². The third-order valence-electron chi connectivity index (χ3n) is 1.33. The van der Waals surface area contributed by atoms with Gasteiger partial charge in [0.25, 0.3) is 0 Å². The molecule has 0 atom stereocenters. The van der Waals surface area contributed by atoms with E-state index < -0.39 is 0 Å².